The molecule has 1 aromatic heterocycles. The Morgan fingerprint density at radius 2 is 1.57 bits per heavy atom. The van der Waals surface area contributed by atoms with E-state index in [2.05, 4.69) is 22.7 Å². The Morgan fingerprint density at radius 3 is 2.02 bits per heavy atom. The first-order valence-corrected chi connectivity index (χ1v) is 16.5. The lowest BCUT2D eigenvalue weighted by atomic mass is 10.1. The van der Waals surface area contributed by atoms with Crippen LogP contribution in [-0.2, 0) is 40.7 Å². The van der Waals surface area contributed by atoms with Gasteiger partial charge in [0.15, 0.2) is 6.23 Å². The normalized spacial score (nSPS) is 25.0. The lowest BCUT2D eigenvalue weighted by Gasteiger charge is -2.28. The lowest BCUT2D eigenvalue weighted by Crippen LogP contribution is -2.37. The first kappa shape index (κ1) is 37.1. The second-order valence-corrected chi connectivity index (χ2v) is 14.4. The van der Waals surface area contributed by atoms with Crippen LogP contribution in [-0.4, -0.2) is 108 Å². The standard InChI is InChI=1S/C14H26N4O11P2.H4O7P2/c1-18(2,3)6-7-26-30(22,23)29-31(24,25)27-8-9-11(19)12(20)13(28-9)17-5-4-10(15)16-14(17)21;1-8(2,3)7-9(4,5)6/h4-5,9,11-13,19-20H,6-8H2,1-3H3,(H3-,15,16,21,22,23,24,25);(H2,1,2,3)(H2,4,5,6)/t9-,11-,12-,13-;/m1./s1. The maximum atomic E-state index is 12.0. The van der Waals surface area contributed by atoms with E-state index in [4.69, 9.17) is 30.0 Å². The van der Waals surface area contributed by atoms with Gasteiger partial charge in [0.2, 0.25) is 0 Å². The molecule has 2 rings (SSSR count). The Labute approximate surface area is 225 Å². The molecule has 0 aromatic carbocycles. The fourth-order valence-electron chi connectivity index (χ4n) is 2.62. The number of likely N-dealkylation sites (N-methyl/N-ethyl adjacent to an activating group) is 1. The summed E-state index contributed by atoms with van der Waals surface area (Å²) in [4.78, 5) is 67.7. The zero-order valence-corrected chi connectivity index (χ0v) is 24.5. The van der Waals surface area contributed by atoms with Gasteiger partial charge in [-0.25, -0.2) is 22.8 Å². The Bertz CT molecular complexity index is 1220. The van der Waals surface area contributed by atoms with Gasteiger partial charge < -0.3 is 59.1 Å². The van der Waals surface area contributed by atoms with E-state index >= 15 is 0 Å². The molecule has 6 atom stereocenters. The van der Waals surface area contributed by atoms with Crippen molar-refractivity contribution in [2.75, 3.05) is 46.6 Å². The third-order valence-electron chi connectivity index (χ3n) is 4.29. The SMILES string of the molecule is C[N+](C)(C)CCOP(=O)([O-])OP(=O)(O)OC[C@H]1O[C@@H](n2ccc(N)nc2=O)[C@H](O)[C@@H]1O.O=P(O)(O)OP(=O)(O)O. The predicted molar refractivity (Wildman–Crippen MR) is 127 cm³/mol. The highest BCUT2D eigenvalue weighted by atomic mass is 31.3. The monoisotopic (exact) mass is 666 g/mol. The highest BCUT2D eigenvalue weighted by Gasteiger charge is 2.45. The van der Waals surface area contributed by atoms with E-state index in [1.165, 1.54) is 12.3 Å². The average molecular weight is 666 g/mol. The molecule has 1 aromatic rings. The van der Waals surface area contributed by atoms with E-state index in [0.717, 1.165) is 4.57 Å². The molecule has 22 nitrogen and oxygen atoms in total. The van der Waals surface area contributed by atoms with Crippen molar-refractivity contribution in [3.05, 3.63) is 22.7 Å². The summed E-state index contributed by atoms with van der Waals surface area (Å²) in [5.41, 5.74) is 4.52. The van der Waals surface area contributed by atoms with Gasteiger partial charge in [-0.05, 0) is 6.07 Å². The van der Waals surface area contributed by atoms with Gasteiger partial charge in [0, 0.05) is 6.20 Å². The lowest BCUT2D eigenvalue weighted by molar-refractivity contribution is -0.870. The largest absolute Gasteiger partial charge is 0.756 e. The summed E-state index contributed by atoms with van der Waals surface area (Å²) in [5, 5.41) is 20.2. The van der Waals surface area contributed by atoms with Gasteiger partial charge in [-0.1, -0.05) is 0 Å². The fourth-order valence-corrected chi connectivity index (χ4v) is 5.76. The summed E-state index contributed by atoms with van der Waals surface area (Å²) in [6, 6.07) is 1.26. The minimum Gasteiger partial charge on any atom is -0.756 e. The average Bonchev–Trinajstić information content (AvgIpc) is 2.96. The number of nitrogens with two attached hydrogens (primary N) is 1. The Balaban J connectivity index is 0.000000763. The van der Waals surface area contributed by atoms with E-state index in [1.54, 1.807) is 21.1 Å². The van der Waals surface area contributed by atoms with Crippen LogP contribution in [0.2, 0.25) is 0 Å². The molecule has 0 spiro atoms. The van der Waals surface area contributed by atoms with Crippen LogP contribution in [0.25, 0.3) is 0 Å². The highest BCUT2D eigenvalue weighted by molar-refractivity contribution is 7.60. The van der Waals surface area contributed by atoms with Crippen molar-refractivity contribution in [2.24, 2.45) is 0 Å². The van der Waals surface area contributed by atoms with Crippen molar-refractivity contribution in [3.8, 4) is 0 Å². The molecule has 1 aliphatic rings. The van der Waals surface area contributed by atoms with Crippen molar-refractivity contribution in [3.63, 3.8) is 0 Å². The maximum Gasteiger partial charge on any atom is 0.478 e. The third-order valence-corrected chi connectivity index (χ3v) is 8.59. The summed E-state index contributed by atoms with van der Waals surface area (Å²) in [6.07, 6.45) is -4.89. The minimum absolute atomic E-state index is 0.0711. The van der Waals surface area contributed by atoms with Crippen LogP contribution >= 0.6 is 31.3 Å². The Hall–Kier alpha value is -0.960. The van der Waals surface area contributed by atoms with Gasteiger partial charge in [0.25, 0.3) is 7.82 Å². The number of anilines is 1. The van der Waals surface area contributed by atoms with E-state index in [1.807, 2.05) is 0 Å². The van der Waals surface area contributed by atoms with Crippen molar-refractivity contribution in [1.82, 2.24) is 9.55 Å². The molecule has 234 valence electrons. The van der Waals surface area contributed by atoms with Crippen LogP contribution in [0.15, 0.2) is 17.1 Å². The summed E-state index contributed by atoms with van der Waals surface area (Å²) >= 11 is 0. The molecular weight excluding hydrogens is 636 g/mol. The number of aliphatic hydroxyl groups is 2. The van der Waals surface area contributed by atoms with Gasteiger partial charge >= 0.3 is 29.2 Å². The van der Waals surface area contributed by atoms with Crippen LogP contribution in [0.4, 0.5) is 5.82 Å². The van der Waals surface area contributed by atoms with Crippen molar-refractivity contribution < 1.29 is 84.7 Å². The van der Waals surface area contributed by atoms with Crippen molar-refractivity contribution in [2.45, 2.75) is 24.5 Å². The number of nitrogens with zero attached hydrogens (tertiary/aromatic N) is 3. The molecule has 0 radical (unpaired) electrons. The van der Waals surface area contributed by atoms with Gasteiger partial charge in [-0.3, -0.25) is 13.7 Å². The van der Waals surface area contributed by atoms with Gasteiger partial charge in [-0.2, -0.15) is 9.29 Å². The second-order valence-electron chi connectivity index (χ2n) is 8.79. The number of hydrogen-bond acceptors (Lipinski definition) is 15. The Morgan fingerprint density at radius 1 is 1.02 bits per heavy atom. The van der Waals surface area contributed by atoms with Crippen LogP contribution in [0.5, 0.6) is 0 Å². The smallest absolute Gasteiger partial charge is 0.478 e. The molecule has 0 amide bonds. The highest BCUT2D eigenvalue weighted by Crippen LogP contribution is 2.58. The summed E-state index contributed by atoms with van der Waals surface area (Å²) in [7, 11) is -15.1. The number of aliphatic hydroxyl groups excluding tert-OH is 2. The van der Waals surface area contributed by atoms with Gasteiger partial charge in [0.1, 0.15) is 37.3 Å². The zero-order valence-electron chi connectivity index (χ0n) is 20.9. The van der Waals surface area contributed by atoms with Gasteiger partial charge in [-0.15, -0.1) is 0 Å². The van der Waals surface area contributed by atoms with Crippen molar-refractivity contribution in [1.29, 1.82) is 0 Å². The zero-order chi connectivity index (χ0) is 31.3. The molecule has 9 N–H and O–H groups in total. The van der Waals surface area contributed by atoms with E-state index in [0.29, 0.717) is 4.48 Å². The molecule has 26 heteroatoms. The molecule has 1 aliphatic heterocycles. The topological polar surface area (TPSA) is 340 Å². The molecular formula is C14H30N4O18P4. The number of phosphoric ester groups is 2. The van der Waals surface area contributed by atoms with Gasteiger partial charge in [0.05, 0.1) is 27.7 Å². The quantitative estimate of drug-likeness (QED) is 0.0811. The second kappa shape index (κ2) is 14.0. The van der Waals surface area contributed by atoms with E-state index < -0.39 is 68.1 Å². The number of quaternary nitrogens is 1. The number of phosphoric acid groups is 4. The molecule has 0 aliphatic carbocycles. The number of ether oxygens (including phenoxy) is 1. The molecule has 2 heterocycles. The fraction of sp³-hybridized carbons (Fsp3) is 0.714. The number of aromatic nitrogens is 2. The predicted octanol–water partition coefficient (Wildman–Crippen LogP) is -3.04. The maximum absolute atomic E-state index is 12.0. The van der Waals surface area contributed by atoms with Crippen LogP contribution in [0.1, 0.15) is 6.23 Å². The van der Waals surface area contributed by atoms with Crippen LogP contribution in [0.3, 0.4) is 0 Å². The van der Waals surface area contributed by atoms with Crippen LogP contribution in [0, 0.1) is 0 Å². The number of rotatable bonds is 12. The summed E-state index contributed by atoms with van der Waals surface area (Å²) < 4.78 is 65.6. The van der Waals surface area contributed by atoms with Crippen molar-refractivity contribution >= 4 is 37.1 Å². The molecule has 0 bridgehead atoms. The number of nitrogen functional groups attached to an aromatic ring is 1. The molecule has 1 saturated heterocycles. The molecule has 40 heavy (non-hydrogen) atoms. The molecule has 2 unspecified atom stereocenters. The number of hydrogen-bond donors (Lipinski definition) is 8. The summed E-state index contributed by atoms with van der Waals surface area (Å²) in [5.74, 6) is -0.0711. The van der Waals surface area contributed by atoms with E-state index in [-0.39, 0.29) is 19.0 Å². The van der Waals surface area contributed by atoms with E-state index in [9.17, 15) is 43.1 Å². The third kappa shape index (κ3) is 14.3. The summed E-state index contributed by atoms with van der Waals surface area (Å²) in [6.45, 7) is -0.877. The molecule has 1 fully saturated rings. The Kier molecular flexibility index (Phi) is 13.0. The first-order chi connectivity index (χ1) is 17.8. The van der Waals surface area contributed by atoms with Crippen LogP contribution < -0.4 is 16.3 Å². The minimum atomic E-state index is -5.18. The molecule has 0 saturated carbocycles. The first-order valence-electron chi connectivity index (χ1n) is 10.4.